The van der Waals surface area contributed by atoms with Gasteiger partial charge < -0.3 is 10.3 Å². The Kier molecular flexibility index (Phi) is 4.83. The predicted molar refractivity (Wildman–Crippen MR) is 127 cm³/mol. The maximum Gasteiger partial charge on any atom is 0.227 e. The van der Waals surface area contributed by atoms with Crippen LogP contribution >= 0.6 is 0 Å². The number of carbonyl (C=O) groups excluding carboxylic acids is 1. The van der Waals surface area contributed by atoms with Crippen LogP contribution in [-0.4, -0.2) is 36.0 Å². The van der Waals surface area contributed by atoms with Crippen LogP contribution in [0.5, 0.6) is 0 Å². The highest BCUT2D eigenvalue weighted by Gasteiger charge is 2.21. The first-order valence-electron chi connectivity index (χ1n) is 11.3. The Balaban J connectivity index is 1.32. The van der Waals surface area contributed by atoms with Gasteiger partial charge in [0, 0.05) is 46.4 Å². The number of pyridine rings is 3. The van der Waals surface area contributed by atoms with Crippen LogP contribution in [0.3, 0.4) is 0 Å². The van der Waals surface area contributed by atoms with Gasteiger partial charge in [0.25, 0.3) is 0 Å². The molecule has 8 nitrogen and oxygen atoms in total. The summed E-state index contributed by atoms with van der Waals surface area (Å²) in [4.78, 5) is 29.3. The van der Waals surface area contributed by atoms with Gasteiger partial charge in [-0.15, -0.1) is 0 Å². The summed E-state index contributed by atoms with van der Waals surface area (Å²) in [6.07, 6.45) is 12.4. The van der Waals surface area contributed by atoms with Gasteiger partial charge in [-0.05, 0) is 43.2 Å². The van der Waals surface area contributed by atoms with Gasteiger partial charge in [0.15, 0.2) is 5.65 Å². The van der Waals surface area contributed by atoms with Gasteiger partial charge in [-0.2, -0.15) is 5.10 Å². The van der Waals surface area contributed by atoms with Crippen molar-refractivity contribution >= 4 is 33.7 Å². The van der Waals surface area contributed by atoms with Crippen LogP contribution in [0.2, 0.25) is 0 Å². The normalized spacial score (nSPS) is 14.7. The molecule has 1 aliphatic rings. The van der Waals surface area contributed by atoms with Gasteiger partial charge in [-0.25, -0.2) is 9.97 Å². The second kappa shape index (κ2) is 8.12. The molecule has 33 heavy (non-hydrogen) atoms. The third kappa shape index (κ3) is 3.73. The molecule has 5 heterocycles. The minimum absolute atomic E-state index is 0.0896. The van der Waals surface area contributed by atoms with Crippen molar-refractivity contribution in [1.82, 2.24) is 30.1 Å². The number of amides is 1. The smallest absolute Gasteiger partial charge is 0.227 e. The molecule has 6 rings (SSSR count). The average molecular weight is 438 g/mol. The number of H-pyrrole nitrogens is 2. The van der Waals surface area contributed by atoms with E-state index in [0.717, 1.165) is 64.6 Å². The van der Waals surface area contributed by atoms with Gasteiger partial charge in [0.2, 0.25) is 5.91 Å². The zero-order valence-electron chi connectivity index (χ0n) is 18.0. The number of carbonyl (C=O) groups is 1. The number of anilines is 1. The summed E-state index contributed by atoms with van der Waals surface area (Å²) in [7, 11) is 0. The van der Waals surface area contributed by atoms with Crippen molar-refractivity contribution in [3.05, 3.63) is 55.1 Å². The van der Waals surface area contributed by atoms with Crippen molar-refractivity contribution in [3.8, 4) is 22.5 Å². The third-order valence-electron chi connectivity index (χ3n) is 6.38. The molecule has 0 aromatic carbocycles. The fourth-order valence-corrected chi connectivity index (χ4v) is 4.63. The first-order valence-corrected chi connectivity index (χ1v) is 11.3. The Labute approximate surface area is 189 Å². The highest BCUT2D eigenvalue weighted by Crippen LogP contribution is 2.31. The third-order valence-corrected chi connectivity index (χ3v) is 6.38. The van der Waals surface area contributed by atoms with Crippen molar-refractivity contribution in [3.63, 3.8) is 0 Å². The zero-order valence-corrected chi connectivity index (χ0v) is 18.0. The molecule has 0 saturated heterocycles. The molecule has 0 unspecified atom stereocenters. The molecular formula is C25H23N7O. The topological polar surface area (TPSA) is 112 Å². The van der Waals surface area contributed by atoms with Crippen LogP contribution in [-0.2, 0) is 4.79 Å². The Bertz CT molecular complexity index is 1430. The molecule has 5 aromatic rings. The monoisotopic (exact) mass is 437 g/mol. The van der Waals surface area contributed by atoms with E-state index in [4.69, 9.17) is 0 Å². The molecule has 164 valence electrons. The molecule has 1 aliphatic carbocycles. The number of aromatic amines is 2. The second-order valence-corrected chi connectivity index (χ2v) is 8.60. The largest absolute Gasteiger partial charge is 0.338 e. The zero-order chi connectivity index (χ0) is 22.2. The number of hydrogen-bond donors (Lipinski definition) is 3. The summed E-state index contributed by atoms with van der Waals surface area (Å²) < 4.78 is 0. The predicted octanol–water partition coefficient (Wildman–Crippen LogP) is 5.08. The molecule has 0 bridgehead atoms. The van der Waals surface area contributed by atoms with Crippen LogP contribution in [0.25, 0.3) is 44.6 Å². The first-order chi connectivity index (χ1) is 16.2. The summed E-state index contributed by atoms with van der Waals surface area (Å²) in [6, 6.07) is 9.95. The molecule has 0 radical (unpaired) electrons. The minimum Gasteiger partial charge on any atom is -0.338 e. The van der Waals surface area contributed by atoms with E-state index in [-0.39, 0.29) is 11.8 Å². The van der Waals surface area contributed by atoms with E-state index in [9.17, 15) is 4.79 Å². The molecule has 8 heteroatoms. The van der Waals surface area contributed by atoms with Crippen molar-refractivity contribution < 1.29 is 4.79 Å². The summed E-state index contributed by atoms with van der Waals surface area (Å²) in [6.45, 7) is 0. The Morgan fingerprint density at radius 2 is 1.85 bits per heavy atom. The molecule has 0 atom stereocenters. The van der Waals surface area contributed by atoms with E-state index in [0.29, 0.717) is 11.3 Å². The Hall–Kier alpha value is -4.07. The van der Waals surface area contributed by atoms with Crippen LogP contribution < -0.4 is 5.32 Å². The lowest BCUT2D eigenvalue weighted by Gasteiger charge is -2.20. The highest BCUT2D eigenvalue weighted by atomic mass is 16.1. The number of nitrogens with one attached hydrogen (secondary N) is 3. The summed E-state index contributed by atoms with van der Waals surface area (Å²) in [5.41, 5.74) is 5.68. The van der Waals surface area contributed by atoms with E-state index in [1.165, 1.54) is 6.42 Å². The van der Waals surface area contributed by atoms with Crippen molar-refractivity contribution in [1.29, 1.82) is 0 Å². The van der Waals surface area contributed by atoms with Gasteiger partial charge in [-0.1, -0.05) is 19.3 Å². The van der Waals surface area contributed by atoms with E-state index in [2.05, 4.69) is 35.5 Å². The summed E-state index contributed by atoms with van der Waals surface area (Å²) in [5, 5.41) is 12.5. The highest BCUT2D eigenvalue weighted by molar-refractivity contribution is 5.96. The molecular weight excluding hydrogens is 414 g/mol. The van der Waals surface area contributed by atoms with E-state index in [1.54, 1.807) is 24.8 Å². The fraction of sp³-hybridized carbons (Fsp3) is 0.240. The van der Waals surface area contributed by atoms with Crippen LogP contribution in [0.15, 0.2) is 55.1 Å². The molecule has 1 saturated carbocycles. The molecule has 1 fully saturated rings. The van der Waals surface area contributed by atoms with Gasteiger partial charge in [0.05, 0.1) is 17.6 Å². The quantitative estimate of drug-likeness (QED) is 0.363. The van der Waals surface area contributed by atoms with Crippen molar-refractivity contribution in [2.45, 2.75) is 32.1 Å². The molecule has 3 N–H and O–H groups in total. The van der Waals surface area contributed by atoms with E-state index < -0.39 is 0 Å². The number of fused-ring (bicyclic) bond motifs is 2. The fourth-order valence-electron chi connectivity index (χ4n) is 4.63. The number of nitrogens with zero attached hydrogens (tertiary/aromatic N) is 4. The van der Waals surface area contributed by atoms with Crippen LogP contribution in [0, 0.1) is 5.92 Å². The number of rotatable bonds is 4. The molecule has 0 aliphatic heterocycles. The van der Waals surface area contributed by atoms with Gasteiger partial charge >= 0.3 is 0 Å². The molecule has 0 spiro atoms. The number of hydrogen-bond acceptors (Lipinski definition) is 5. The van der Waals surface area contributed by atoms with Gasteiger partial charge in [-0.3, -0.25) is 14.9 Å². The summed E-state index contributed by atoms with van der Waals surface area (Å²) in [5.74, 6) is 0.187. The molecule has 1 amide bonds. The SMILES string of the molecule is O=C(Nc1cncc(-c2cnc3[nH]nc(-c4cc5cccnc5[nH]4)c3c2)c1)C1CCCCC1. The minimum atomic E-state index is 0.0896. The lowest BCUT2D eigenvalue weighted by molar-refractivity contribution is -0.120. The molecule has 5 aromatic heterocycles. The second-order valence-electron chi connectivity index (χ2n) is 8.60. The number of aromatic nitrogens is 6. The Morgan fingerprint density at radius 3 is 2.73 bits per heavy atom. The standard InChI is InChI=1S/C25H23N7O/c33-25(15-5-2-1-3-6-15)29-19-9-17(12-26-14-19)18-10-20-22(31-32-24(20)28-13-18)21-11-16-7-4-8-27-23(16)30-21/h4,7-15H,1-3,5-6H2,(H,27,30)(H,29,33)(H,28,31,32). The van der Waals surface area contributed by atoms with Crippen molar-refractivity contribution in [2.75, 3.05) is 5.32 Å². The first kappa shape index (κ1) is 19.6. The van der Waals surface area contributed by atoms with Crippen molar-refractivity contribution in [2.24, 2.45) is 5.92 Å². The average Bonchev–Trinajstić information content (AvgIpc) is 3.48. The van der Waals surface area contributed by atoms with E-state index in [1.807, 2.05) is 30.3 Å². The van der Waals surface area contributed by atoms with Gasteiger partial charge in [0.1, 0.15) is 11.3 Å². The van der Waals surface area contributed by atoms with E-state index >= 15 is 0 Å². The van der Waals surface area contributed by atoms with Crippen LogP contribution in [0.4, 0.5) is 5.69 Å². The maximum absolute atomic E-state index is 12.7. The Morgan fingerprint density at radius 1 is 0.970 bits per heavy atom. The maximum atomic E-state index is 12.7. The van der Waals surface area contributed by atoms with Crippen LogP contribution in [0.1, 0.15) is 32.1 Å². The summed E-state index contributed by atoms with van der Waals surface area (Å²) >= 11 is 0. The lowest BCUT2D eigenvalue weighted by atomic mass is 9.88. The lowest BCUT2D eigenvalue weighted by Crippen LogP contribution is -2.24.